The molecule has 92 valence electrons. The van der Waals surface area contributed by atoms with Gasteiger partial charge in [0.25, 0.3) is 0 Å². The van der Waals surface area contributed by atoms with E-state index >= 15 is 0 Å². The lowest BCUT2D eigenvalue weighted by Gasteiger charge is -2.08. The van der Waals surface area contributed by atoms with Crippen molar-refractivity contribution in [2.75, 3.05) is 6.61 Å². The van der Waals surface area contributed by atoms with Crippen molar-refractivity contribution in [2.24, 2.45) is 5.92 Å². The highest BCUT2D eigenvalue weighted by Gasteiger charge is 2.28. The predicted octanol–water partition coefficient (Wildman–Crippen LogP) is 3.70. The average molecular weight is 235 g/mol. The van der Waals surface area contributed by atoms with Crippen molar-refractivity contribution in [3.8, 4) is 0 Å². The number of hydrogen-bond donors (Lipinski definition) is 1. The van der Waals surface area contributed by atoms with Gasteiger partial charge in [-0.05, 0) is 18.4 Å². The molecule has 0 aliphatic carbocycles. The van der Waals surface area contributed by atoms with Crippen LogP contribution in [0.4, 0.5) is 13.2 Å². The molecule has 2 nitrogen and oxygen atoms in total. The highest BCUT2D eigenvalue weighted by atomic mass is 19.4. The molecule has 0 aliphatic heterocycles. The third kappa shape index (κ3) is 9.30. The summed E-state index contributed by atoms with van der Waals surface area (Å²) in [5.41, 5.74) is 0. The van der Waals surface area contributed by atoms with E-state index in [4.69, 9.17) is 5.41 Å². The molecule has 16 heavy (non-hydrogen) atoms. The minimum Gasteiger partial charge on any atom is -0.483 e. The van der Waals surface area contributed by atoms with E-state index in [9.17, 15) is 13.2 Å². The second-order valence-corrected chi connectivity index (χ2v) is 3.67. The van der Waals surface area contributed by atoms with Gasteiger partial charge in [0.05, 0.1) is 6.21 Å². The second kappa shape index (κ2) is 7.09. The Morgan fingerprint density at radius 3 is 2.44 bits per heavy atom. The Labute approximate surface area is 93.3 Å². The maximum absolute atomic E-state index is 11.8. The van der Waals surface area contributed by atoms with Crippen molar-refractivity contribution in [3.05, 3.63) is 24.0 Å². The maximum atomic E-state index is 11.8. The molecule has 0 fully saturated rings. The van der Waals surface area contributed by atoms with Gasteiger partial charge in [-0.15, -0.1) is 0 Å². The predicted molar refractivity (Wildman–Crippen MR) is 57.5 cm³/mol. The first-order valence-corrected chi connectivity index (χ1v) is 4.92. The molecule has 1 N–H and O–H groups in total. The number of alkyl halides is 3. The van der Waals surface area contributed by atoms with E-state index in [1.807, 2.05) is 19.9 Å². The smallest absolute Gasteiger partial charge is 0.422 e. The van der Waals surface area contributed by atoms with Gasteiger partial charge >= 0.3 is 6.18 Å². The fourth-order valence-electron chi connectivity index (χ4n) is 0.817. The van der Waals surface area contributed by atoms with Crippen molar-refractivity contribution < 1.29 is 17.9 Å². The van der Waals surface area contributed by atoms with Crippen LogP contribution in [0, 0.1) is 11.3 Å². The van der Waals surface area contributed by atoms with E-state index in [1.165, 1.54) is 6.08 Å². The number of nitrogens with one attached hydrogen (secondary N) is 1. The molecule has 0 radical (unpaired) electrons. The van der Waals surface area contributed by atoms with E-state index < -0.39 is 12.8 Å². The normalized spacial score (nSPS) is 13.5. The van der Waals surface area contributed by atoms with E-state index in [0.717, 1.165) is 12.6 Å². The van der Waals surface area contributed by atoms with Crippen LogP contribution in [0.1, 0.15) is 20.3 Å². The standard InChI is InChI=1S/C11H16F3NO/c1-9(2)5-3-4-6-10(7-15)16-8-11(12,13)14/h3-4,6-7,9,15H,5,8H2,1-2H3. The van der Waals surface area contributed by atoms with Crippen molar-refractivity contribution >= 4 is 6.21 Å². The SMILES string of the molecule is CC(C)CC=CC=C(C=N)OCC(F)(F)F. The van der Waals surface area contributed by atoms with Crippen molar-refractivity contribution in [3.63, 3.8) is 0 Å². The summed E-state index contributed by atoms with van der Waals surface area (Å²) in [7, 11) is 0. The summed E-state index contributed by atoms with van der Waals surface area (Å²) in [4.78, 5) is 0. The Balaban J connectivity index is 4.12. The Morgan fingerprint density at radius 1 is 1.38 bits per heavy atom. The van der Waals surface area contributed by atoms with Crippen LogP contribution in [0.5, 0.6) is 0 Å². The van der Waals surface area contributed by atoms with Gasteiger partial charge in [-0.1, -0.05) is 26.0 Å². The molecule has 5 heteroatoms. The van der Waals surface area contributed by atoms with Gasteiger partial charge in [0.2, 0.25) is 0 Å². The third-order valence-corrected chi connectivity index (χ3v) is 1.55. The van der Waals surface area contributed by atoms with Crippen LogP contribution >= 0.6 is 0 Å². The summed E-state index contributed by atoms with van der Waals surface area (Å²) in [6, 6.07) is 0. The minimum absolute atomic E-state index is 0.0997. The fraction of sp³-hybridized carbons (Fsp3) is 0.545. The van der Waals surface area contributed by atoms with Gasteiger partial charge in [0.15, 0.2) is 6.61 Å². The molecule has 0 atom stereocenters. The largest absolute Gasteiger partial charge is 0.483 e. The second-order valence-electron chi connectivity index (χ2n) is 3.67. The van der Waals surface area contributed by atoms with E-state index in [0.29, 0.717) is 5.92 Å². The van der Waals surface area contributed by atoms with Gasteiger partial charge in [0, 0.05) is 0 Å². The summed E-state index contributed by atoms with van der Waals surface area (Å²) in [6.07, 6.45) is 1.99. The Hall–Kier alpha value is -1.26. The highest BCUT2D eigenvalue weighted by molar-refractivity contribution is 5.73. The Bertz CT molecular complexity index is 267. The van der Waals surface area contributed by atoms with Crippen molar-refractivity contribution in [1.29, 1.82) is 5.41 Å². The molecule has 0 aliphatic rings. The van der Waals surface area contributed by atoms with Gasteiger partial charge in [0.1, 0.15) is 5.76 Å². The molecule has 0 saturated heterocycles. The Kier molecular flexibility index (Phi) is 6.53. The molecule has 0 amide bonds. The number of rotatable bonds is 6. The van der Waals surface area contributed by atoms with E-state index in [-0.39, 0.29) is 5.76 Å². The van der Waals surface area contributed by atoms with Crippen LogP contribution in [-0.4, -0.2) is 19.0 Å². The molecule has 0 aromatic heterocycles. The van der Waals surface area contributed by atoms with Crippen LogP contribution in [-0.2, 0) is 4.74 Å². The number of allylic oxidation sites excluding steroid dienone is 4. The first kappa shape index (κ1) is 14.7. The van der Waals surface area contributed by atoms with Crippen LogP contribution in [0.3, 0.4) is 0 Å². The van der Waals surface area contributed by atoms with Gasteiger partial charge < -0.3 is 10.1 Å². The van der Waals surface area contributed by atoms with Crippen molar-refractivity contribution in [2.45, 2.75) is 26.4 Å². The van der Waals surface area contributed by atoms with E-state index in [1.54, 1.807) is 6.08 Å². The van der Waals surface area contributed by atoms with E-state index in [2.05, 4.69) is 4.74 Å². The van der Waals surface area contributed by atoms with Gasteiger partial charge in [-0.2, -0.15) is 13.2 Å². The molecule has 0 aromatic carbocycles. The monoisotopic (exact) mass is 235 g/mol. The Morgan fingerprint density at radius 2 is 2.00 bits per heavy atom. The quantitative estimate of drug-likeness (QED) is 0.425. The van der Waals surface area contributed by atoms with Crippen LogP contribution in [0.25, 0.3) is 0 Å². The molecule has 0 unspecified atom stereocenters. The first-order chi connectivity index (χ1) is 7.35. The summed E-state index contributed by atoms with van der Waals surface area (Å²) >= 11 is 0. The molecular formula is C11H16F3NO. The molecule has 0 heterocycles. The zero-order chi connectivity index (χ0) is 12.6. The average Bonchev–Trinajstić information content (AvgIpc) is 2.15. The maximum Gasteiger partial charge on any atom is 0.422 e. The summed E-state index contributed by atoms with van der Waals surface area (Å²) in [5, 5.41) is 6.87. The zero-order valence-electron chi connectivity index (χ0n) is 9.34. The molecule has 0 rings (SSSR count). The lowest BCUT2D eigenvalue weighted by Crippen LogP contribution is -2.16. The molecule has 0 saturated carbocycles. The highest BCUT2D eigenvalue weighted by Crippen LogP contribution is 2.16. The summed E-state index contributed by atoms with van der Waals surface area (Å²) < 4.78 is 39.8. The molecule has 0 bridgehead atoms. The van der Waals surface area contributed by atoms with Crippen LogP contribution in [0.2, 0.25) is 0 Å². The topological polar surface area (TPSA) is 33.1 Å². The summed E-state index contributed by atoms with van der Waals surface area (Å²) in [6.45, 7) is 2.70. The molecule has 0 aromatic rings. The lowest BCUT2D eigenvalue weighted by atomic mass is 10.1. The third-order valence-electron chi connectivity index (χ3n) is 1.55. The van der Waals surface area contributed by atoms with Crippen molar-refractivity contribution in [1.82, 2.24) is 0 Å². The molecule has 0 spiro atoms. The zero-order valence-corrected chi connectivity index (χ0v) is 9.34. The number of hydrogen-bond acceptors (Lipinski definition) is 2. The number of halogens is 3. The van der Waals surface area contributed by atoms with Crippen LogP contribution in [0.15, 0.2) is 24.0 Å². The first-order valence-electron chi connectivity index (χ1n) is 4.92. The van der Waals surface area contributed by atoms with Crippen LogP contribution < -0.4 is 0 Å². The fourth-order valence-corrected chi connectivity index (χ4v) is 0.817. The van der Waals surface area contributed by atoms with Gasteiger partial charge in [-0.25, -0.2) is 0 Å². The van der Waals surface area contributed by atoms with Gasteiger partial charge in [-0.3, -0.25) is 0 Å². The lowest BCUT2D eigenvalue weighted by molar-refractivity contribution is -0.163. The summed E-state index contributed by atoms with van der Waals surface area (Å²) in [5.74, 6) is 0.390. The minimum atomic E-state index is -4.37. The molecular weight excluding hydrogens is 219 g/mol. The number of ether oxygens (including phenoxy) is 1.